The van der Waals surface area contributed by atoms with E-state index in [-0.39, 0.29) is 11.2 Å². The molecular weight excluding hydrogens is 410 g/mol. The van der Waals surface area contributed by atoms with Crippen molar-refractivity contribution in [2.24, 2.45) is 0 Å². The fourth-order valence-electron chi connectivity index (χ4n) is 2.75. The van der Waals surface area contributed by atoms with Crippen molar-refractivity contribution in [3.8, 4) is 0 Å². The van der Waals surface area contributed by atoms with Crippen LogP contribution in [0.3, 0.4) is 0 Å². The second kappa shape index (κ2) is 10.3. The van der Waals surface area contributed by atoms with Crippen LogP contribution in [0.2, 0.25) is 0 Å². The lowest BCUT2D eigenvalue weighted by molar-refractivity contribution is -0.115. The molecule has 0 fully saturated rings. The molecule has 3 aromatic rings. The molecule has 1 atom stereocenters. The van der Waals surface area contributed by atoms with Crippen LogP contribution in [0.25, 0.3) is 0 Å². The van der Waals surface area contributed by atoms with Gasteiger partial charge in [0.15, 0.2) is 5.11 Å². The van der Waals surface area contributed by atoms with Gasteiger partial charge < -0.3 is 16.0 Å². The quantitative estimate of drug-likeness (QED) is 0.316. The number of anilines is 3. The number of thiocarbonyl (C=S) groups is 1. The van der Waals surface area contributed by atoms with Crippen LogP contribution in [-0.2, 0) is 4.79 Å². The van der Waals surface area contributed by atoms with Crippen molar-refractivity contribution in [3.05, 3.63) is 83.9 Å². The van der Waals surface area contributed by atoms with Crippen LogP contribution >= 0.6 is 24.0 Å². The van der Waals surface area contributed by atoms with Gasteiger partial charge in [0.1, 0.15) is 0 Å². The second-order valence-electron chi connectivity index (χ2n) is 7.02. The van der Waals surface area contributed by atoms with Crippen LogP contribution in [0, 0.1) is 13.8 Å². The third-order valence-corrected chi connectivity index (χ3v) is 5.92. The first-order valence-electron chi connectivity index (χ1n) is 9.68. The zero-order valence-electron chi connectivity index (χ0n) is 17.2. The Morgan fingerprint density at radius 1 is 0.800 bits per heavy atom. The molecule has 0 aliphatic carbocycles. The standard InChI is InChI=1S/C24H25N3OS2/c1-16-9-10-21(15-17(16)2)25-23(28)18(3)30-22-13-11-20(12-14-22)27-24(29)26-19-7-5-4-6-8-19/h4-15,18H,1-3H3,(H,25,28)(H2,26,27,29). The predicted octanol–water partition coefficient (Wildman–Crippen LogP) is 6.23. The number of hydrogen-bond acceptors (Lipinski definition) is 3. The first-order valence-corrected chi connectivity index (χ1v) is 11.0. The van der Waals surface area contributed by atoms with Crippen LogP contribution in [0.5, 0.6) is 0 Å². The molecule has 3 N–H and O–H groups in total. The molecule has 1 unspecified atom stereocenters. The second-order valence-corrected chi connectivity index (χ2v) is 8.84. The van der Waals surface area contributed by atoms with E-state index < -0.39 is 0 Å². The summed E-state index contributed by atoms with van der Waals surface area (Å²) in [6, 6.07) is 23.6. The van der Waals surface area contributed by atoms with Gasteiger partial charge in [-0.3, -0.25) is 4.79 Å². The first kappa shape index (κ1) is 21.9. The molecule has 0 aliphatic rings. The minimum Gasteiger partial charge on any atom is -0.332 e. The van der Waals surface area contributed by atoms with E-state index in [1.54, 1.807) is 0 Å². The van der Waals surface area contributed by atoms with Gasteiger partial charge >= 0.3 is 0 Å². The molecule has 0 saturated heterocycles. The Bertz CT molecular complexity index is 1020. The van der Waals surface area contributed by atoms with E-state index in [2.05, 4.69) is 22.9 Å². The van der Waals surface area contributed by atoms with E-state index in [4.69, 9.17) is 12.2 Å². The first-order chi connectivity index (χ1) is 14.4. The highest BCUT2D eigenvalue weighted by Gasteiger charge is 2.15. The molecule has 154 valence electrons. The van der Waals surface area contributed by atoms with Gasteiger partial charge in [0, 0.05) is 22.0 Å². The Kier molecular flexibility index (Phi) is 7.49. The fraction of sp³-hybridized carbons (Fsp3) is 0.167. The molecule has 3 rings (SSSR count). The molecule has 0 radical (unpaired) electrons. The van der Waals surface area contributed by atoms with Crippen molar-refractivity contribution < 1.29 is 4.79 Å². The molecular formula is C24H25N3OS2. The Balaban J connectivity index is 1.52. The maximum atomic E-state index is 12.5. The summed E-state index contributed by atoms with van der Waals surface area (Å²) < 4.78 is 0. The van der Waals surface area contributed by atoms with Crippen LogP contribution in [0.1, 0.15) is 18.1 Å². The Morgan fingerprint density at radius 3 is 2.03 bits per heavy atom. The van der Waals surface area contributed by atoms with Crippen molar-refractivity contribution in [1.82, 2.24) is 0 Å². The number of aryl methyl sites for hydroxylation is 2. The highest BCUT2D eigenvalue weighted by molar-refractivity contribution is 8.00. The van der Waals surface area contributed by atoms with Crippen LogP contribution < -0.4 is 16.0 Å². The highest BCUT2D eigenvalue weighted by atomic mass is 32.2. The smallest absolute Gasteiger partial charge is 0.237 e. The van der Waals surface area contributed by atoms with Crippen molar-refractivity contribution in [1.29, 1.82) is 0 Å². The Labute approximate surface area is 187 Å². The van der Waals surface area contributed by atoms with Gasteiger partial charge in [-0.05, 0) is 92.6 Å². The summed E-state index contributed by atoms with van der Waals surface area (Å²) in [6.45, 7) is 6.01. The maximum Gasteiger partial charge on any atom is 0.237 e. The van der Waals surface area contributed by atoms with Gasteiger partial charge in [0.25, 0.3) is 0 Å². The summed E-state index contributed by atoms with van der Waals surface area (Å²) in [7, 11) is 0. The number of rotatable bonds is 6. The summed E-state index contributed by atoms with van der Waals surface area (Å²) in [6.07, 6.45) is 0. The van der Waals surface area contributed by atoms with Gasteiger partial charge in [0.05, 0.1) is 5.25 Å². The number of nitrogens with one attached hydrogen (secondary N) is 3. The van der Waals surface area contributed by atoms with Crippen molar-refractivity contribution in [2.45, 2.75) is 30.9 Å². The molecule has 6 heteroatoms. The topological polar surface area (TPSA) is 53.2 Å². The summed E-state index contributed by atoms with van der Waals surface area (Å²) in [5.41, 5.74) is 5.03. The number of carbonyl (C=O) groups excluding carboxylic acids is 1. The number of carbonyl (C=O) groups is 1. The SMILES string of the molecule is Cc1ccc(NC(=O)C(C)Sc2ccc(NC(=S)Nc3ccccc3)cc2)cc1C. The summed E-state index contributed by atoms with van der Waals surface area (Å²) >= 11 is 6.87. The van der Waals surface area contributed by atoms with E-state index >= 15 is 0 Å². The molecule has 3 aromatic carbocycles. The largest absolute Gasteiger partial charge is 0.332 e. The lowest BCUT2D eigenvalue weighted by Crippen LogP contribution is -2.22. The van der Waals surface area contributed by atoms with Gasteiger partial charge in [-0.25, -0.2) is 0 Å². The molecule has 30 heavy (non-hydrogen) atoms. The van der Waals surface area contributed by atoms with Crippen molar-refractivity contribution in [3.63, 3.8) is 0 Å². The molecule has 0 aromatic heterocycles. The third kappa shape index (κ3) is 6.34. The number of benzene rings is 3. The van der Waals surface area contributed by atoms with Crippen molar-refractivity contribution >= 4 is 52.1 Å². The highest BCUT2D eigenvalue weighted by Crippen LogP contribution is 2.26. The molecule has 4 nitrogen and oxygen atoms in total. The zero-order chi connectivity index (χ0) is 21.5. The molecule has 0 spiro atoms. The number of hydrogen-bond donors (Lipinski definition) is 3. The minimum absolute atomic E-state index is 0.0151. The average Bonchev–Trinajstić information content (AvgIpc) is 2.73. The monoisotopic (exact) mass is 435 g/mol. The van der Waals surface area contributed by atoms with Gasteiger partial charge in [0.2, 0.25) is 5.91 Å². The van der Waals surface area contributed by atoms with Gasteiger partial charge in [-0.15, -0.1) is 11.8 Å². The fourth-order valence-corrected chi connectivity index (χ4v) is 3.86. The lowest BCUT2D eigenvalue weighted by Gasteiger charge is -2.14. The Hall–Kier alpha value is -2.83. The Morgan fingerprint density at radius 2 is 1.40 bits per heavy atom. The maximum absolute atomic E-state index is 12.5. The number of para-hydroxylation sites is 1. The zero-order valence-corrected chi connectivity index (χ0v) is 18.9. The molecule has 1 amide bonds. The number of amides is 1. The van der Waals surface area contributed by atoms with Crippen LogP contribution in [0.15, 0.2) is 77.7 Å². The molecule has 0 heterocycles. The van der Waals surface area contributed by atoms with E-state index in [1.165, 1.54) is 17.3 Å². The molecule has 0 saturated carbocycles. The summed E-state index contributed by atoms with van der Waals surface area (Å²) in [5.74, 6) is -0.0151. The van der Waals surface area contributed by atoms with Crippen LogP contribution in [-0.4, -0.2) is 16.3 Å². The number of thioether (sulfide) groups is 1. The normalized spacial score (nSPS) is 11.4. The van der Waals surface area contributed by atoms with E-state index in [0.29, 0.717) is 5.11 Å². The lowest BCUT2D eigenvalue weighted by atomic mass is 10.1. The van der Waals surface area contributed by atoms with Crippen LogP contribution in [0.4, 0.5) is 17.1 Å². The molecule has 0 aliphatic heterocycles. The molecule has 0 bridgehead atoms. The van der Waals surface area contributed by atoms with Gasteiger partial charge in [-0.2, -0.15) is 0 Å². The van der Waals surface area contributed by atoms with E-state index in [9.17, 15) is 4.79 Å². The average molecular weight is 436 g/mol. The van der Waals surface area contributed by atoms with Gasteiger partial charge in [-0.1, -0.05) is 24.3 Å². The minimum atomic E-state index is -0.216. The van der Waals surface area contributed by atoms with Crippen molar-refractivity contribution in [2.75, 3.05) is 16.0 Å². The van der Waals surface area contributed by atoms with E-state index in [0.717, 1.165) is 27.5 Å². The summed E-state index contributed by atoms with van der Waals surface area (Å²) in [5, 5.41) is 9.62. The predicted molar refractivity (Wildman–Crippen MR) is 133 cm³/mol. The van der Waals surface area contributed by atoms with E-state index in [1.807, 2.05) is 86.6 Å². The third-order valence-electron chi connectivity index (χ3n) is 4.60. The summed E-state index contributed by atoms with van der Waals surface area (Å²) in [4.78, 5) is 13.5.